The van der Waals surface area contributed by atoms with E-state index in [9.17, 15) is 0 Å². The molecule has 2 heterocycles. The zero-order chi connectivity index (χ0) is 57.9. The van der Waals surface area contributed by atoms with Crippen molar-refractivity contribution in [1.29, 1.82) is 0 Å². The summed E-state index contributed by atoms with van der Waals surface area (Å²) < 4.78 is 52.4. The molecule has 0 atom stereocenters. The number of benzene rings is 3. The Morgan fingerprint density at radius 3 is 0.671 bits per heavy atom. The molecule has 82 heavy (non-hydrogen) atoms. The van der Waals surface area contributed by atoms with Crippen LogP contribution in [0.1, 0.15) is 273 Å². The lowest BCUT2D eigenvalue weighted by atomic mass is 10.1. The second-order valence-corrected chi connectivity index (χ2v) is 22.7. The van der Waals surface area contributed by atoms with E-state index in [-0.39, 0.29) is 0 Å². The number of unbranched alkanes of at least 4 members (excludes halogenated alkanes) is 30. The van der Waals surface area contributed by atoms with Crippen molar-refractivity contribution in [3.05, 3.63) is 48.5 Å². The largest absolute Gasteiger partial charge is 0.490 e. The molecule has 0 radical (unpaired) electrons. The minimum absolute atomic E-state index is 0.376. The van der Waals surface area contributed by atoms with Gasteiger partial charge in [0.1, 0.15) is 0 Å². The molecule has 0 fully saturated rings. The smallest absolute Gasteiger partial charge is 0.248 e. The van der Waals surface area contributed by atoms with Gasteiger partial charge in [0.25, 0.3) is 0 Å². The molecule has 0 aliphatic carbocycles. The van der Waals surface area contributed by atoms with Crippen LogP contribution in [-0.2, 0) is 0 Å². The molecule has 0 saturated carbocycles. The second-order valence-electron chi connectivity index (χ2n) is 22.7. The van der Waals surface area contributed by atoms with E-state index >= 15 is 0 Å². The van der Waals surface area contributed by atoms with E-state index in [1.807, 2.05) is 48.5 Å². The highest BCUT2D eigenvalue weighted by atomic mass is 16.5. The summed E-state index contributed by atoms with van der Waals surface area (Å²) in [5.74, 6) is 5.46. The molecule has 458 valence electrons. The van der Waals surface area contributed by atoms with Crippen molar-refractivity contribution < 1.29 is 37.3 Å². The van der Waals surface area contributed by atoms with Gasteiger partial charge in [-0.25, -0.2) is 0 Å². The van der Waals surface area contributed by atoms with Gasteiger partial charge in [0.05, 0.1) is 39.6 Å². The van der Waals surface area contributed by atoms with Crippen molar-refractivity contribution in [3.63, 3.8) is 0 Å². The molecule has 0 bridgehead atoms. The fourth-order valence-electron chi connectivity index (χ4n) is 10.2. The topological polar surface area (TPSA) is 133 Å². The standard InChI is InChI=1S/C70H110N4O8/c1-7-13-19-25-31-37-47-75-61-53-59(54-62(76-48-38-32-26-20-14-8-2)65(61)79-51-41-35-29-23-17-11-5)69-73-71-67(81-69)57-43-45-58(46-44-57)68-72-74-70(82-68)60-55-63(77-49-39-33-27-21-15-9-3)66(80-52-42-36-30-24-18-12-6)64(56-60)78-50-40-34-28-22-16-10-4/h43-46,53-56H,7-42,47-52H2,1-6H3. The van der Waals surface area contributed by atoms with E-state index in [0.29, 0.717) is 97.7 Å². The van der Waals surface area contributed by atoms with Crippen molar-refractivity contribution in [3.8, 4) is 80.3 Å². The molecular formula is C70H110N4O8. The van der Waals surface area contributed by atoms with E-state index in [1.165, 1.54) is 154 Å². The average Bonchev–Trinajstić information content (AvgIpc) is 4.29. The fraction of sp³-hybridized carbons (Fsp3) is 0.686. The van der Waals surface area contributed by atoms with Crippen LogP contribution in [0.5, 0.6) is 34.5 Å². The van der Waals surface area contributed by atoms with Gasteiger partial charge in [-0.1, -0.05) is 234 Å². The predicted molar refractivity (Wildman–Crippen MR) is 337 cm³/mol. The molecule has 0 amide bonds. The molecule has 0 N–H and O–H groups in total. The first-order valence-corrected chi connectivity index (χ1v) is 33.4. The minimum atomic E-state index is 0.376. The normalized spacial score (nSPS) is 11.4. The summed E-state index contributed by atoms with van der Waals surface area (Å²) in [4.78, 5) is 0. The highest BCUT2D eigenvalue weighted by Gasteiger charge is 2.23. The molecule has 5 aromatic rings. The monoisotopic (exact) mass is 1130 g/mol. The second kappa shape index (κ2) is 43.4. The lowest BCUT2D eigenvalue weighted by Gasteiger charge is -2.18. The molecule has 5 rings (SSSR count). The van der Waals surface area contributed by atoms with Crippen LogP contribution < -0.4 is 28.4 Å². The third kappa shape index (κ3) is 26.1. The Bertz CT molecular complexity index is 2120. The van der Waals surface area contributed by atoms with Crippen LogP contribution in [0.15, 0.2) is 57.4 Å². The first-order chi connectivity index (χ1) is 40.5. The summed E-state index contributed by atoms with van der Waals surface area (Å²) >= 11 is 0. The van der Waals surface area contributed by atoms with E-state index in [1.54, 1.807) is 0 Å². The van der Waals surface area contributed by atoms with Gasteiger partial charge >= 0.3 is 0 Å². The molecule has 12 nitrogen and oxygen atoms in total. The van der Waals surface area contributed by atoms with Crippen LogP contribution in [0, 0.1) is 0 Å². The summed E-state index contributed by atoms with van der Waals surface area (Å²) in [6, 6.07) is 15.7. The van der Waals surface area contributed by atoms with Crippen LogP contribution in [0.3, 0.4) is 0 Å². The number of hydrogen-bond donors (Lipinski definition) is 0. The lowest BCUT2D eigenvalue weighted by molar-refractivity contribution is 0.234. The number of nitrogens with zero attached hydrogens (tertiary/aromatic N) is 4. The zero-order valence-electron chi connectivity index (χ0n) is 52.4. The van der Waals surface area contributed by atoms with Crippen molar-refractivity contribution in [2.45, 2.75) is 273 Å². The molecule has 0 aliphatic rings. The maximum Gasteiger partial charge on any atom is 0.248 e. The molecule has 0 saturated heterocycles. The highest BCUT2D eigenvalue weighted by Crippen LogP contribution is 2.44. The number of rotatable bonds is 52. The molecule has 3 aromatic carbocycles. The Morgan fingerprint density at radius 2 is 0.439 bits per heavy atom. The van der Waals surface area contributed by atoms with Gasteiger partial charge < -0.3 is 37.3 Å². The first kappa shape index (κ1) is 67.5. The molecule has 0 spiro atoms. The van der Waals surface area contributed by atoms with Crippen LogP contribution in [0.25, 0.3) is 45.8 Å². The zero-order valence-corrected chi connectivity index (χ0v) is 52.4. The first-order valence-electron chi connectivity index (χ1n) is 33.4. The van der Waals surface area contributed by atoms with Gasteiger partial charge in [-0.3, -0.25) is 0 Å². The van der Waals surface area contributed by atoms with Gasteiger partial charge in [0.2, 0.25) is 35.1 Å². The van der Waals surface area contributed by atoms with Gasteiger partial charge in [-0.2, -0.15) is 0 Å². The summed E-state index contributed by atoms with van der Waals surface area (Å²) in [6.07, 6.45) is 42.5. The highest BCUT2D eigenvalue weighted by molar-refractivity contribution is 5.69. The van der Waals surface area contributed by atoms with Crippen molar-refractivity contribution in [2.24, 2.45) is 0 Å². The Labute approximate surface area is 496 Å². The maximum atomic E-state index is 6.59. The van der Waals surface area contributed by atoms with Gasteiger partial charge in [-0.05, 0) is 87.1 Å². The van der Waals surface area contributed by atoms with Crippen molar-refractivity contribution in [1.82, 2.24) is 20.4 Å². The van der Waals surface area contributed by atoms with Crippen molar-refractivity contribution >= 4 is 0 Å². The van der Waals surface area contributed by atoms with Crippen LogP contribution >= 0.6 is 0 Å². The maximum absolute atomic E-state index is 6.59. The molecule has 12 heteroatoms. The molecule has 0 unspecified atom stereocenters. The molecular weight excluding hydrogens is 1020 g/mol. The third-order valence-electron chi connectivity index (χ3n) is 15.3. The van der Waals surface area contributed by atoms with Gasteiger partial charge in [0.15, 0.2) is 23.0 Å². The summed E-state index contributed by atoms with van der Waals surface area (Å²) in [6.45, 7) is 17.1. The summed E-state index contributed by atoms with van der Waals surface area (Å²) in [5, 5.41) is 18.2. The average molecular weight is 1140 g/mol. The lowest BCUT2D eigenvalue weighted by Crippen LogP contribution is -2.07. The third-order valence-corrected chi connectivity index (χ3v) is 15.3. The van der Waals surface area contributed by atoms with Gasteiger partial charge in [0, 0.05) is 22.3 Å². The Balaban J connectivity index is 1.37. The molecule has 0 aliphatic heterocycles. The fourth-order valence-corrected chi connectivity index (χ4v) is 10.2. The Kier molecular flexibility index (Phi) is 35.7. The minimum Gasteiger partial charge on any atom is -0.490 e. The van der Waals surface area contributed by atoms with Crippen molar-refractivity contribution in [2.75, 3.05) is 39.6 Å². The van der Waals surface area contributed by atoms with E-state index in [2.05, 4.69) is 61.9 Å². The quantitative estimate of drug-likeness (QED) is 0.0343. The SMILES string of the molecule is CCCCCCCCOc1cc(-c2nnc(-c3ccc(-c4nnc(-c5cc(OCCCCCCCC)c(OCCCCCCCC)c(OCCCCCCCC)c5)o4)cc3)o2)cc(OCCCCCCCC)c1OCCCCCCCC. The van der Waals surface area contributed by atoms with Crippen LogP contribution in [-0.4, -0.2) is 60.0 Å². The van der Waals surface area contributed by atoms with E-state index in [0.717, 1.165) is 99.3 Å². The molecule has 2 aromatic heterocycles. The Hall–Kier alpha value is -5.26. The van der Waals surface area contributed by atoms with Crippen LogP contribution in [0.2, 0.25) is 0 Å². The summed E-state index contributed by atoms with van der Waals surface area (Å²) in [5.41, 5.74) is 2.97. The predicted octanol–water partition coefficient (Wildman–Crippen LogP) is 21.6. The van der Waals surface area contributed by atoms with E-state index in [4.69, 9.17) is 37.3 Å². The Morgan fingerprint density at radius 1 is 0.244 bits per heavy atom. The van der Waals surface area contributed by atoms with Gasteiger partial charge in [-0.15, -0.1) is 20.4 Å². The van der Waals surface area contributed by atoms with Crippen LogP contribution in [0.4, 0.5) is 0 Å². The number of aromatic nitrogens is 4. The number of hydrogen-bond acceptors (Lipinski definition) is 12. The summed E-state index contributed by atoms with van der Waals surface area (Å²) in [7, 11) is 0. The number of ether oxygens (including phenoxy) is 6. The van der Waals surface area contributed by atoms with E-state index < -0.39 is 0 Å².